The summed E-state index contributed by atoms with van der Waals surface area (Å²) in [7, 11) is 2.07. The Labute approximate surface area is 99.1 Å². The summed E-state index contributed by atoms with van der Waals surface area (Å²) in [5.74, 6) is 0. The lowest BCUT2D eigenvalue weighted by Gasteiger charge is -2.32. The molecule has 16 heavy (non-hydrogen) atoms. The maximum Gasteiger partial charge on any atom is 0.323 e. The minimum absolute atomic E-state index is 0.0394. The van der Waals surface area contributed by atoms with Gasteiger partial charge in [-0.25, -0.2) is 9.78 Å². The van der Waals surface area contributed by atoms with E-state index in [1.807, 2.05) is 11.8 Å². The first kappa shape index (κ1) is 11.3. The lowest BCUT2D eigenvalue weighted by molar-refractivity contribution is 0.164. The van der Waals surface area contributed by atoms with E-state index in [9.17, 15) is 4.79 Å². The normalized spacial score (nSPS) is 17.5. The second kappa shape index (κ2) is 4.80. The van der Waals surface area contributed by atoms with Crippen LogP contribution in [-0.2, 0) is 0 Å². The molecule has 88 valence electrons. The van der Waals surface area contributed by atoms with E-state index in [1.165, 1.54) is 11.3 Å². The van der Waals surface area contributed by atoms with Crippen LogP contribution in [0.3, 0.4) is 0 Å². The lowest BCUT2D eigenvalue weighted by Crippen LogP contribution is -2.48. The fraction of sp³-hybridized carbons (Fsp3) is 0.600. The molecule has 0 atom stereocenters. The van der Waals surface area contributed by atoms with Crippen molar-refractivity contribution in [1.29, 1.82) is 0 Å². The van der Waals surface area contributed by atoms with Crippen molar-refractivity contribution in [1.82, 2.24) is 14.8 Å². The third-order valence-electron chi connectivity index (χ3n) is 2.63. The molecule has 5 nitrogen and oxygen atoms in total. The van der Waals surface area contributed by atoms with Gasteiger partial charge in [0.1, 0.15) is 0 Å². The van der Waals surface area contributed by atoms with E-state index in [1.54, 1.807) is 6.20 Å². The number of nitrogens with zero attached hydrogens (tertiary/aromatic N) is 3. The number of rotatable bonds is 1. The van der Waals surface area contributed by atoms with Gasteiger partial charge in [0, 0.05) is 37.3 Å². The minimum atomic E-state index is -0.0394. The monoisotopic (exact) mass is 240 g/mol. The SMILES string of the molecule is Cc1cnc(NC(=O)N2CCN(C)CC2)s1. The number of amides is 2. The predicted octanol–water partition coefficient (Wildman–Crippen LogP) is 1.23. The summed E-state index contributed by atoms with van der Waals surface area (Å²) >= 11 is 1.50. The van der Waals surface area contributed by atoms with Crippen molar-refractivity contribution in [2.24, 2.45) is 0 Å². The van der Waals surface area contributed by atoms with E-state index >= 15 is 0 Å². The fourth-order valence-electron chi connectivity index (χ4n) is 1.59. The van der Waals surface area contributed by atoms with Gasteiger partial charge < -0.3 is 9.80 Å². The van der Waals surface area contributed by atoms with Crippen LogP contribution < -0.4 is 5.32 Å². The molecule has 1 N–H and O–H groups in total. The molecule has 1 aliphatic rings. The Balaban J connectivity index is 1.88. The van der Waals surface area contributed by atoms with E-state index in [0.717, 1.165) is 31.1 Å². The molecule has 0 saturated carbocycles. The van der Waals surface area contributed by atoms with Crippen molar-refractivity contribution >= 4 is 22.5 Å². The molecule has 1 fully saturated rings. The summed E-state index contributed by atoms with van der Waals surface area (Å²) in [5, 5.41) is 3.51. The number of carbonyl (C=O) groups is 1. The summed E-state index contributed by atoms with van der Waals surface area (Å²) in [4.78, 5) is 21.1. The predicted molar refractivity (Wildman–Crippen MR) is 64.9 cm³/mol. The number of carbonyl (C=O) groups excluding carboxylic acids is 1. The first-order valence-electron chi connectivity index (χ1n) is 5.32. The number of hydrogen-bond donors (Lipinski definition) is 1. The average molecular weight is 240 g/mol. The molecular formula is C10H16N4OS. The Kier molecular flexibility index (Phi) is 3.40. The van der Waals surface area contributed by atoms with Gasteiger partial charge in [0.05, 0.1) is 0 Å². The average Bonchev–Trinajstić information content (AvgIpc) is 2.65. The number of thiazole rings is 1. The highest BCUT2D eigenvalue weighted by molar-refractivity contribution is 7.15. The van der Waals surface area contributed by atoms with Crippen LogP contribution in [0.2, 0.25) is 0 Å². The minimum Gasteiger partial charge on any atom is -0.322 e. The Morgan fingerprint density at radius 1 is 1.44 bits per heavy atom. The Hall–Kier alpha value is -1.14. The molecule has 0 aliphatic carbocycles. The highest BCUT2D eigenvalue weighted by Crippen LogP contribution is 2.17. The molecule has 0 spiro atoms. The van der Waals surface area contributed by atoms with Gasteiger partial charge >= 0.3 is 6.03 Å². The summed E-state index contributed by atoms with van der Waals surface area (Å²) < 4.78 is 0. The van der Waals surface area contributed by atoms with E-state index in [2.05, 4.69) is 22.2 Å². The van der Waals surface area contributed by atoms with Gasteiger partial charge in [0.15, 0.2) is 5.13 Å². The summed E-state index contributed by atoms with van der Waals surface area (Å²) in [6, 6.07) is -0.0394. The number of anilines is 1. The second-order valence-electron chi connectivity index (χ2n) is 4.00. The van der Waals surface area contributed by atoms with Crippen LogP contribution in [0.15, 0.2) is 6.20 Å². The quantitative estimate of drug-likeness (QED) is 0.803. The molecular weight excluding hydrogens is 224 g/mol. The van der Waals surface area contributed by atoms with Gasteiger partial charge in [-0.15, -0.1) is 11.3 Å². The van der Waals surface area contributed by atoms with E-state index in [-0.39, 0.29) is 6.03 Å². The molecule has 0 radical (unpaired) electrons. The molecule has 1 aromatic rings. The number of nitrogens with one attached hydrogen (secondary N) is 1. The highest BCUT2D eigenvalue weighted by atomic mass is 32.1. The van der Waals surface area contributed by atoms with Crippen molar-refractivity contribution in [3.8, 4) is 0 Å². The van der Waals surface area contributed by atoms with E-state index in [0.29, 0.717) is 5.13 Å². The van der Waals surface area contributed by atoms with Crippen molar-refractivity contribution < 1.29 is 4.79 Å². The molecule has 0 aromatic carbocycles. The van der Waals surface area contributed by atoms with E-state index in [4.69, 9.17) is 0 Å². The first-order valence-corrected chi connectivity index (χ1v) is 6.14. The molecule has 2 amide bonds. The third kappa shape index (κ3) is 2.70. The summed E-state index contributed by atoms with van der Waals surface area (Å²) in [6.45, 7) is 5.41. The second-order valence-corrected chi connectivity index (χ2v) is 5.23. The van der Waals surface area contributed by atoms with Crippen LogP contribution in [-0.4, -0.2) is 54.0 Å². The Morgan fingerprint density at radius 3 is 2.69 bits per heavy atom. The van der Waals surface area contributed by atoms with Crippen molar-refractivity contribution in [2.75, 3.05) is 38.5 Å². The number of aryl methyl sites for hydroxylation is 1. The van der Waals surface area contributed by atoms with Crippen LogP contribution in [0.1, 0.15) is 4.88 Å². The van der Waals surface area contributed by atoms with Crippen LogP contribution in [0.25, 0.3) is 0 Å². The number of likely N-dealkylation sites (N-methyl/N-ethyl adjacent to an activating group) is 1. The molecule has 6 heteroatoms. The maximum absolute atomic E-state index is 11.8. The standard InChI is InChI=1S/C10H16N4OS/c1-8-7-11-9(16-8)12-10(15)14-5-3-13(2)4-6-14/h7H,3-6H2,1-2H3,(H,11,12,15). The number of piperazine rings is 1. The first-order chi connectivity index (χ1) is 7.65. The van der Waals surface area contributed by atoms with Gasteiger partial charge in [-0.3, -0.25) is 5.32 Å². The topological polar surface area (TPSA) is 48.5 Å². The van der Waals surface area contributed by atoms with Gasteiger partial charge in [0.25, 0.3) is 0 Å². The van der Waals surface area contributed by atoms with Crippen molar-refractivity contribution in [3.63, 3.8) is 0 Å². The maximum atomic E-state index is 11.8. The Bertz CT molecular complexity index is 371. The molecule has 2 heterocycles. The molecule has 0 bridgehead atoms. The van der Waals surface area contributed by atoms with Crippen LogP contribution in [0, 0.1) is 6.92 Å². The third-order valence-corrected chi connectivity index (χ3v) is 3.45. The molecule has 1 aliphatic heterocycles. The van der Waals surface area contributed by atoms with E-state index < -0.39 is 0 Å². The van der Waals surface area contributed by atoms with Crippen molar-refractivity contribution in [3.05, 3.63) is 11.1 Å². The molecule has 1 saturated heterocycles. The molecule has 1 aromatic heterocycles. The summed E-state index contributed by atoms with van der Waals surface area (Å²) in [6.07, 6.45) is 1.77. The number of aromatic nitrogens is 1. The van der Waals surface area contributed by atoms with Gasteiger partial charge in [-0.2, -0.15) is 0 Å². The zero-order chi connectivity index (χ0) is 11.5. The van der Waals surface area contributed by atoms with Gasteiger partial charge in [-0.1, -0.05) is 0 Å². The molecule has 0 unspecified atom stereocenters. The van der Waals surface area contributed by atoms with Crippen LogP contribution in [0.5, 0.6) is 0 Å². The van der Waals surface area contributed by atoms with Crippen LogP contribution in [0.4, 0.5) is 9.93 Å². The summed E-state index contributed by atoms with van der Waals surface area (Å²) in [5.41, 5.74) is 0. The smallest absolute Gasteiger partial charge is 0.322 e. The zero-order valence-corrected chi connectivity index (χ0v) is 10.4. The van der Waals surface area contributed by atoms with Crippen LogP contribution >= 0.6 is 11.3 Å². The van der Waals surface area contributed by atoms with Crippen molar-refractivity contribution in [2.45, 2.75) is 6.92 Å². The zero-order valence-electron chi connectivity index (χ0n) is 9.56. The largest absolute Gasteiger partial charge is 0.323 e. The van der Waals surface area contributed by atoms with Gasteiger partial charge in [0.2, 0.25) is 0 Å². The fourth-order valence-corrected chi connectivity index (χ4v) is 2.25. The Morgan fingerprint density at radius 2 is 2.12 bits per heavy atom. The number of urea groups is 1. The highest BCUT2D eigenvalue weighted by Gasteiger charge is 2.19. The lowest BCUT2D eigenvalue weighted by atomic mass is 10.3. The molecule has 2 rings (SSSR count). The number of hydrogen-bond acceptors (Lipinski definition) is 4. The van der Waals surface area contributed by atoms with Gasteiger partial charge in [-0.05, 0) is 14.0 Å².